The second-order valence-corrected chi connectivity index (χ2v) is 12.6. The molecule has 0 unspecified atom stereocenters. The van der Waals surface area contributed by atoms with Crippen molar-refractivity contribution in [3.05, 3.63) is 53.1 Å². The third kappa shape index (κ3) is 7.33. The summed E-state index contributed by atoms with van der Waals surface area (Å²) in [6.45, 7) is 12.9. The van der Waals surface area contributed by atoms with E-state index >= 15 is 0 Å². The minimum absolute atomic E-state index is 0.141. The number of likely N-dealkylation sites (N-methyl/N-ethyl adjacent to an activating group) is 1. The predicted octanol–water partition coefficient (Wildman–Crippen LogP) is 4.09. The highest BCUT2D eigenvalue weighted by Gasteiger charge is 2.31. The lowest BCUT2D eigenvalue weighted by Gasteiger charge is -2.45. The number of benzene rings is 2. The molecule has 2 N–H and O–H groups in total. The van der Waals surface area contributed by atoms with Crippen LogP contribution in [0.2, 0.25) is 5.02 Å². The molecule has 0 atom stereocenters. The van der Waals surface area contributed by atoms with Gasteiger partial charge in [0.05, 0.1) is 22.7 Å². The van der Waals surface area contributed by atoms with Crippen LogP contribution in [0.1, 0.15) is 33.3 Å². The summed E-state index contributed by atoms with van der Waals surface area (Å²) in [7, 11) is 0.00810. The number of anilines is 1. The van der Waals surface area contributed by atoms with Gasteiger partial charge in [0.25, 0.3) is 0 Å². The highest BCUT2D eigenvalue weighted by Crippen LogP contribution is 2.28. The molecule has 1 fully saturated rings. The van der Waals surface area contributed by atoms with Crippen molar-refractivity contribution in [1.82, 2.24) is 14.5 Å². The fraction of sp³-hybridized carbons (Fsp3) is 0.538. The zero-order valence-electron chi connectivity index (χ0n) is 21.7. The van der Waals surface area contributed by atoms with Gasteiger partial charge in [-0.1, -0.05) is 29.8 Å². The standard InChI is InChI=1S/C26H39ClN4O3S/c1-25(2,18-20-9-7-8-10-24(20)34-6)29-35(32,33)21-11-12-23(22(27)17-21)28-13-14-31-16-15-30(5)26(3,4)19-31/h7-12,17,28-29H,13-16,18-19H2,1-6H3. The van der Waals surface area contributed by atoms with E-state index in [1.807, 2.05) is 38.1 Å². The molecule has 2 aromatic carbocycles. The van der Waals surface area contributed by atoms with Crippen molar-refractivity contribution in [3.8, 4) is 5.75 Å². The second-order valence-electron chi connectivity index (χ2n) is 10.6. The number of hydrogen-bond donors (Lipinski definition) is 2. The summed E-state index contributed by atoms with van der Waals surface area (Å²) in [5.74, 6) is 0.735. The van der Waals surface area contributed by atoms with E-state index in [1.54, 1.807) is 19.2 Å². The van der Waals surface area contributed by atoms with E-state index in [0.717, 1.165) is 49.7 Å². The average Bonchev–Trinajstić information content (AvgIpc) is 2.76. The first-order chi connectivity index (χ1) is 16.3. The normalized spacial score (nSPS) is 17.3. The summed E-state index contributed by atoms with van der Waals surface area (Å²) in [5.41, 5.74) is 1.09. The van der Waals surface area contributed by atoms with Crippen LogP contribution in [0, 0.1) is 0 Å². The minimum atomic E-state index is -3.77. The van der Waals surface area contributed by atoms with Gasteiger partial charge < -0.3 is 10.1 Å². The van der Waals surface area contributed by atoms with Crippen LogP contribution >= 0.6 is 11.6 Å². The lowest BCUT2D eigenvalue weighted by atomic mass is 9.96. The molecule has 0 aromatic heterocycles. The van der Waals surface area contributed by atoms with Crippen LogP contribution < -0.4 is 14.8 Å². The largest absolute Gasteiger partial charge is 0.496 e. The number of nitrogens with one attached hydrogen (secondary N) is 2. The van der Waals surface area contributed by atoms with Crippen LogP contribution in [0.25, 0.3) is 0 Å². The molecule has 0 amide bonds. The molecule has 9 heteroatoms. The molecule has 1 aliphatic rings. The van der Waals surface area contributed by atoms with Crippen molar-refractivity contribution in [2.45, 2.75) is 50.1 Å². The molecular weight excluding hydrogens is 484 g/mol. The van der Waals surface area contributed by atoms with Crippen LogP contribution in [-0.2, 0) is 16.4 Å². The van der Waals surface area contributed by atoms with Gasteiger partial charge in [0.1, 0.15) is 5.75 Å². The maximum absolute atomic E-state index is 13.1. The Kier molecular flexibility index (Phi) is 8.76. The number of piperazine rings is 1. The van der Waals surface area contributed by atoms with Crippen molar-refractivity contribution in [2.75, 3.05) is 52.2 Å². The zero-order valence-corrected chi connectivity index (χ0v) is 23.3. The summed E-state index contributed by atoms with van der Waals surface area (Å²) < 4.78 is 34.5. The van der Waals surface area contributed by atoms with E-state index in [2.05, 4.69) is 40.7 Å². The second kappa shape index (κ2) is 11.0. The molecule has 0 bridgehead atoms. The smallest absolute Gasteiger partial charge is 0.241 e. The predicted molar refractivity (Wildman–Crippen MR) is 144 cm³/mol. The zero-order chi connectivity index (χ0) is 25.9. The molecule has 3 rings (SSSR count). The molecule has 2 aromatic rings. The van der Waals surface area contributed by atoms with Gasteiger partial charge in [-0.05, 0) is 71.0 Å². The maximum Gasteiger partial charge on any atom is 0.241 e. The van der Waals surface area contributed by atoms with Crippen molar-refractivity contribution in [2.24, 2.45) is 0 Å². The molecule has 1 aliphatic heterocycles. The quantitative estimate of drug-likeness (QED) is 0.489. The molecule has 0 aliphatic carbocycles. The summed E-state index contributed by atoms with van der Waals surface area (Å²) in [6, 6.07) is 12.4. The molecule has 35 heavy (non-hydrogen) atoms. The van der Waals surface area contributed by atoms with Crippen LogP contribution in [0.5, 0.6) is 5.75 Å². The number of hydrogen-bond acceptors (Lipinski definition) is 6. The van der Waals surface area contributed by atoms with E-state index in [0.29, 0.717) is 11.4 Å². The Morgan fingerprint density at radius 3 is 2.51 bits per heavy atom. The van der Waals surface area contributed by atoms with E-state index in [4.69, 9.17) is 16.3 Å². The lowest BCUT2D eigenvalue weighted by molar-refractivity contribution is 0.0423. The summed E-state index contributed by atoms with van der Waals surface area (Å²) >= 11 is 6.47. The average molecular weight is 523 g/mol. The number of ether oxygens (including phenoxy) is 1. The fourth-order valence-corrected chi connectivity index (χ4v) is 6.22. The van der Waals surface area contributed by atoms with E-state index in [1.165, 1.54) is 6.07 Å². The lowest BCUT2D eigenvalue weighted by Crippen LogP contribution is -2.58. The molecule has 1 heterocycles. The first kappa shape index (κ1) is 27.7. The van der Waals surface area contributed by atoms with Gasteiger partial charge in [0, 0.05) is 43.8 Å². The Balaban J connectivity index is 1.61. The third-order valence-corrected chi connectivity index (χ3v) is 8.63. The fourth-order valence-electron chi connectivity index (χ4n) is 4.47. The monoisotopic (exact) mass is 522 g/mol. The highest BCUT2D eigenvalue weighted by atomic mass is 35.5. The molecule has 0 saturated carbocycles. The number of nitrogens with zero attached hydrogens (tertiary/aromatic N) is 2. The van der Waals surface area contributed by atoms with E-state index < -0.39 is 15.6 Å². The van der Waals surface area contributed by atoms with Gasteiger partial charge in [0.15, 0.2) is 0 Å². The maximum atomic E-state index is 13.1. The Labute approximate surface area is 215 Å². The number of para-hydroxylation sites is 1. The minimum Gasteiger partial charge on any atom is -0.496 e. The Morgan fingerprint density at radius 2 is 1.86 bits per heavy atom. The summed E-state index contributed by atoms with van der Waals surface area (Å²) in [5, 5.41) is 3.74. The van der Waals surface area contributed by atoms with Crippen LogP contribution in [-0.4, -0.2) is 76.2 Å². The Bertz CT molecular complexity index is 1120. The Hall–Kier alpha value is -1.84. The molecular formula is C26H39ClN4O3S. The van der Waals surface area contributed by atoms with Crippen molar-refractivity contribution in [3.63, 3.8) is 0 Å². The number of sulfonamides is 1. The number of halogens is 1. The first-order valence-electron chi connectivity index (χ1n) is 12.0. The van der Waals surface area contributed by atoms with Crippen molar-refractivity contribution in [1.29, 1.82) is 0 Å². The van der Waals surface area contributed by atoms with Crippen LogP contribution in [0.3, 0.4) is 0 Å². The van der Waals surface area contributed by atoms with Crippen molar-refractivity contribution >= 4 is 27.3 Å². The summed E-state index contributed by atoms with van der Waals surface area (Å²) in [6.07, 6.45) is 0.479. The molecule has 0 radical (unpaired) electrons. The van der Waals surface area contributed by atoms with Gasteiger partial charge in [-0.2, -0.15) is 0 Å². The van der Waals surface area contributed by atoms with Crippen molar-refractivity contribution < 1.29 is 13.2 Å². The summed E-state index contributed by atoms with van der Waals surface area (Å²) in [4.78, 5) is 4.97. The van der Waals surface area contributed by atoms with E-state index in [-0.39, 0.29) is 10.4 Å². The van der Waals surface area contributed by atoms with Gasteiger partial charge in [0.2, 0.25) is 10.0 Å². The van der Waals surface area contributed by atoms with Gasteiger partial charge in [-0.3, -0.25) is 9.80 Å². The van der Waals surface area contributed by atoms with Gasteiger partial charge in [-0.25, -0.2) is 13.1 Å². The van der Waals surface area contributed by atoms with Gasteiger partial charge in [-0.15, -0.1) is 0 Å². The molecule has 0 spiro atoms. The molecule has 194 valence electrons. The molecule has 1 saturated heterocycles. The van der Waals surface area contributed by atoms with Crippen LogP contribution in [0.15, 0.2) is 47.4 Å². The number of rotatable bonds is 10. The Morgan fingerprint density at radius 1 is 1.14 bits per heavy atom. The highest BCUT2D eigenvalue weighted by molar-refractivity contribution is 7.89. The van der Waals surface area contributed by atoms with Gasteiger partial charge >= 0.3 is 0 Å². The third-order valence-electron chi connectivity index (χ3n) is 6.63. The topological polar surface area (TPSA) is 73.9 Å². The van der Waals surface area contributed by atoms with Crippen LogP contribution in [0.4, 0.5) is 5.69 Å². The SMILES string of the molecule is COc1ccccc1CC(C)(C)NS(=O)(=O)c1ccc(NCCN2CCN(C)C(C)(C)C2)c(Cl)c1. The first-order valence-corrected chi connectivity index (χ1v) is 13.8. The van der Waals surface area contributed by atoms with E-state index in [9.17, 15) is 8.42 Å². The molecule has 7 nitrogen and oxygen atoms in total. The number of methoxy groups -OCH3 is 1.